The first-order chi connectivity index (χ1) is 6.76. The zero-order valence-corrected chi connectivity index (χ0v) is 9.73. The van der Waals surface area contributed by atoms with E-state index in [1.54, 1.807) is 7.11 Å². The fourth-order valence-corrected chi connectivity index (χ4v) is 1.86. The normalized spacial score (nSPS) is 12.8. The highest BCUT2D eigenvalue weighted by Crippen LogP contribution is 2.13. The molecule has 1 atom stereocenters. The van der Waals surface area contributed by atoms with E-state index in [2.05, 4.69) is 28.5 Å². The minimum Gasteiger partial charge on any atom is -0.383 e. The molecule has 0 saturated carbocycles. The predicted octanol–water partition coefficient (Wildman–Crippen LogP) is 1.94. The van der Waals surface area contributed by atoms with Crippen molar-refractivity contribution in [2.45, 2.75) is 32.7 Å². The number of aryl methyl sites for hydroxylation is 1. The molecule has 0 aromatic carbocycles. The van der Waals surface area contributed by atoms with Gasteiger partial charge in [0.1, 0.15) is 5.82 Å². The van der Waals surface area contributed by atoms with Crippen molar-refractivity contribution < 1.29 is 4.74 Å². The molecule has 0 saturated heterocycles. The lowest BCUT2D eigenvalue weighted by molar-refractivity contribution is 0.190. The van der Waals surface area contributed by atoms with E-state index in [9.17, 15) is 0 Å². The summed E-state index contributed by atoms with van der Waals surface area (Å²) in [5.41, 5.74) is 0. The highest BCUT2D eigenvalue weighted by atomic mass is 32.1. The maximum Gasteiger partial charge on any atom is 0.202 e. The van der Waals surface area contributed by atoms with Crippen molar-refractivity contribution in [3.63, 3.8) is 0 Å². The van der Waals surface area contributed by atoms with E-state index in [-0.39, 0.29) is 6.04 Å². The smallest absolute Gasteiger partial charge is 0.202 e. The van der Waals surface area contributed by atoms with Gasteiger partial charge in [-0.1, -0.05) is 6.92 Å². The first kappa shape index (κ1) is 11.4. The van der Waals surface area contributed by atoms with Gasteiger partial charge in [0.2, 0.25) is 5.13 Å². The molecule has 1 rings (SSSR count). The van der Waals surface area contributed by atoms with Crippen molar-refractivity contribution in [2.24, 2.45) is 0 Å². The minimum atomic E-state index is 0.280. The van der Waals surface area contributed by atoms with Gasteiger partial charge in [0.25, 0.3) is 0 Å². The van der Waals surface area contributed by atoms with Crippen LogP contribution < -0.4 is 5.32 Å². The van der Waals surface area contributed by atoms with E-state index in [0.717, 1.165) is 23.8 Å². The number of nitrogens with zero attached hydrogens (tertiary/aromatic N) is 2. The van der Waals surface area contributed by atoms with Crippen LogP contribution in [0, 0.1) is 0 Å². The first-order valence-electron chi connectivity index (χ1n) is 4.84. The van der Waals surface area contributed by atoms with E-state index in [0.29, 0.717) is 6.61 Å². The maximum absolute atomic E-state index is 5.02. The lowest BCUT2D eigenvalue weighted by atomic mass is 10.3. The molecule has 14 heavy (non-hydrogen) atoms. The summed E-state index contributed by atoms with van der Waals surface area (Å²) in [6.07, 6.45) is 2.04. The van der Waals surface area contributed by atoms with Crippen LogP contribution in [0.15, 0.2) is 0 Å². The van der Waals surface area contributed by atoms with Crippen LogP contribution in [0.5, 0.6) is 0 Å². The monoisotopic (exact) mass is 215 g/mol. The predicted molar refractivity (Wildman–Crippen MR) is 58.9 cm³/mol. The third-order valence-corrected chi connectivity index (χ3v) is 2.41. The van der Waals surface area contributed by atoms with Gasteiger partial charge in [-0.25, -0.2) is 4.98 Å². The van der Waals surface area contributed by atoms with Crippen LogP contribution in [-0.2, 0) is 11.2 Å². The van der Waals surface area contributed by atoms with Crippen LogP contribution in [0.4, 0.5) is 5.13 Å². The Kier molecular flexibility index (Phi) is 4.82. The minimum absolute atomic E-state index is 0.280. The van der Waals surface area contributed by atoms with Crippen molar-refractivity contribution in [2.75, 3.05) is 19.0 Å². The number of anilines is 1. The Hall–Kier alpha value is -0.680. The number of aromatic nitrogens is 2. The van der Waals surface area contributed by atoms with Gasteiger partial charge in [-0.05, 0) is 13.3 Å². The Balaban J connectivity index is 2.42. The van der Waals surface area contributed by atoms with Crippen LogP contribution in [0.3, 0.4) is 0 Å². The van der Waals surface area contributed by atoms with Gasteiger partial charge in [-0.3, -0.25) is 0 Å². The van der Waals surface area contributed by atoms with Crippen molar-refractivity contribution >= 4 is 16.7 Å². The third kappa shape index (κ3) is 3.59. The Morgan fingerprint density at radius 2 is 2.36 bits per heavy atom. The summed E-state index contributed by atoms with van der Waals surface area (Å²) >= 11 is 1.42. The first-order valence-corrected chi connectivity index (χ1v) is 5.61. The number of hydrogen-bond acceptors (Lipinski definition) is 5. The number of hydrogen-bond donors (Lipinski definition) is 1. The molecule has 0 bridgehead atoms. The summed E-state index contributed by atoms with van der Waals surface area (Å²) in [5.74, 6) is 0.935. The summed E-state index contributed by atoms with van der Waals surface area (Å²) in [7, 11) is 1.70. The fraction of sp³-hybridized carbons (Fsp3) is 0.778. The lowest BCUT2D eigenvalue weighted by Gasteiger charge is -2.10. The van der Waals surface area contributed by atoms with Crippen LogP contribution in [0.2, 0.25) is 0 Å². The second-order valence-corrected chi connectivity index (χ2v) is 4.02. The Morgan fingerprint density at radius 1 is 1.57 bits per heavy atom. The second kappa shape index (κ2) is 5.93. The summed E-state index contributed by atoms with van der Waals surface area (Å²) in [6, 6.07) is 0.280. The quantitative estimate of drug-likeness (QED) is 0.787. The molecular weight excluding hydrogens is 198 g/mol. The molecule has 0 fully saturated rings. The number of rotatable bonds is 6. The fourth-order valence-electron chi connectivity index (χ4n) is 1.14. The van der Waals surface area contributed by atoms with Gasteiger partial charge in [0, 0.05) is 31.1 Å². The SMILES string of the molecule is CCCc1nsc(NC(C)COC)n1. The molecule has 0 aliphatic heterocycles. The van der Waals surface area contributed by atoms with Gasteiger partial charge in [0.05, 0.1) is 6.61 Å². The van der Waals surface area contributed by atoms with Crippen molar-refractivity contribution in [1.82, 2.24) is 9.36 Å². The summed E-state index contributed by atoms with van der Waals surface area (Å²) in [4.78, 5) is 4.36. The van der Waals surface area contributed by atoms with Gasteiger partial charge < -0.3 is 10.1 Å². The van der Waals surface area contributed by atoms with E-state index >= 15 is 0 Å². The summed E-state index contributed by atoms with van der Waals surface area (Å²) in [6.45, 7) is 4.87. The van der Waals surface area contributed by atoms with E-state index in [1.807, 2.05) is 0 Å². The summed E-state index contributed by atoms with van der Waals surface area (Å²) in [5, 5.41) is 4.13. The standard InChI is InChI=1S/C9H17N3OS/c1-4-5-8-11-9(14-12-8)10-7(2)6-13-3/h7H,4-6H2,1-3H3,(H,10,11,12). The Morgan fingerprint density at radius 3 is 3.00 bits per heavy atom. The summed E-state index contributed by atoms with van der Waals surface area (Å²) < 4.78 is 9.27. The molecular formula is C9H17N3OS. The molecule has 80 valence electrons. The van der Waals surface area contributed by atoms with Gasteiger partial charge >= 0.3 is 0 Å². The number of nitrogens with one attached hydrogen (secondary N) is 1. The van der Waals surface area contributed by atoms with Crippen LogP contribution >= 0.6 is 11.5 Å². The molecule has 0 aliphatic carbocycles. The van der Waals surface area contributed by atoms with Crippen molar-refractivity contribution in [3.8, 4) is 0 Å². The van der Waals surface area contributed by atoms with Crippen LogP contribution in [0.1, 0.15) is 26.1 Å². The molecule has 4 nitrogen and oxygen atoms in total. The van der Waals surface area contributed by atoms with E-state index in [1.165, 1.54) is 11.5 Å². The Bertz CT molecular complexity index is 264. The molecule has 0 amide bonds. The highest BCUT2D eigenvalue weighted by molar-refractivity contribution is 7.09. The van der Waals surface area contributed by atoms with Crippen molar-refractivity contribution in [3.05, 3.63) is 5.82 Å². The highest BCUT2D eigenvalue weighted by Gasteiger charge is 2.06. The van der Waals surface area contributed by atoms with Gasteiger partial charge in [0.15, 0.2) is 0 Å². The number of ether oxygens (including phenoxy) is 1. The molecule has 1 aromatic rings. The average molecular weight is 215 g/mol. The largest absolute Gasteiger partial charge is 0.383 e. The average Bonchev–Trinajstić information content (AvgIpc) is 2.53. The van der Waals surface area contributed by atoms with Crippen LogP contribution in [-0.4, -0.2) is 29.1 Å². The number of methoxy groups -OCH3 is 1. The molecule has 1 unspecified atom stereocenters. The zero-order valence-electron chi connectivity index (χ0n) is 8.91. The lowest BCUT2D eigenvalue weighted by Crippen LogP contribution is -2.20. The van der Waals surface area contributed by atoms with E-state index < -0.39 is 0 Å². The zero-order chi connectivity index (χ0) is 10.4. The topological polar surface area (TPSA) is 47.0 Å². The van der Waals surface area contributed by atoms with Gasteiger partial charge in [-0.2, -0.15) is 4.37 Å². The molecule has 1 heterocycles. The molecule has 0 radical (unpaired) electrons. The van der Waals surface area contributed by atoms with Crippen LogP contribution in [0.25, 0.3) is 0 Å². The third-order valence-electron chi connectivity index (χ3n) is 1.73. The molecule has 0 spiro atoms. The maximum atomic E-state index is 5.02. The molecule has 5 heteroatoms. The van der Waals surface area contributed by atoms with Gasteiger partial charge in [-0.15, -0.1) is 0 Å². The van der Waals surface area contributed by atoms with E-state index in [4.69, 9.17) is 4.74 Å². The molecule has 1 aromatic heterocycles. The second-order valence-electron chi connectivity index (χ2n) is 3.27. The molecule has 1 N–H and O–H groups in total. The van der Waals surface area contributed by atoms with Crippen molar-refractivity contribution in [1.29, 1.82) is 0 Å². The molecule has 0 aliphatic rings. The Labute approximate surface area is 88.9 Å².